The fraction of sp³-hybridized carbons (Fsp3) is 0.500. The molecule has 0 saturated heterocycles. The van der Waals surface area contributed by atoms with Gasteiger partial charge in [-0.15, -0.1) is 4.40 Å². The van der Waals surface area contributed by atoms with Gasteiger partial charge in [-0.1, -0.05) is 13.3 Å². The van der Waals surface area contributed by atoms with E-state index in [4.69, 9.17) is 0 Å². The molecule has 0 unspecified atom stereocenters. The van der Waals surface area contributed by atoms with Gasteiger partial charge < -0.3 is 10.2 Å². The lowest BCUT2D eigenvalue weighted by atomic mass is 10.1. The number of carbonyl (C=O) groups is 1. The van der Waals surface area contributed by atoms with Gasteiger partial charge in [0, 0.05) is 19.3 Å². The third-order valence-corrected chi connectivity index (χ3v) is 4.07. The average Bonchev–Trinajstić information content (AvgIpc) is 2.37. The molecule has 2 aliphatic heterocycles. The zero-order chi connectivity index (χ0) is 13.9. The Labute approximate surface area is 112 Å². The van der Waals surface area contributed by atoms with Crippen LogP contribution in [0.5, 0.6) is 0 Å². The highest BCUT2D eigenvalue weighted by Gasteiger charge is 2.24. The Kier molecular flexibility index (Phi) is 4.04. The molecule has 0 aromatic rings. The van der Waals surface area contributed by atoms with Crippen LogP contribution in [0.15, 0.2) is 28.3 Å². The average molecular weight is 283 g/mol. The summed E-state index contributed by atoms with van der Waals surface area (Å²) in [7, 11) is -3.34. The van der Waals surface area contributed by atoms with E-state index in [0.29, 0.717) is 24.5 Å². The van der Waals surface area contributed by atoms with Crippen LogP contribution < -0.4 is 5.32 Å². The Hall–Kier alpha value is -1.63. The Morgan fingerprint density at radius 3 is 3.00 bits per heavy atom. The summed E-state index contributed by atoms with van der Waals surface area (Å²) in [6.45, 7) is 3.04. The van der Waals surface area contributed by atoms with Gasteiger partial charge >= 0.3 is 0 Å². The first kappa shape index (κ1) is 13.8. The fourth-order valence-corrected chi connectivity index (χ4v) is 2.79. The van der Waals surface area contributed by atoms with Crippen LogP contribution in [-0.2, 0) is 14.8 Å². The molecule has 2 heterocycles. The molecule has 0 aliphatic carbocycles. The smallest absolute Gasteiger partial charge is 0.256 e. The van der Waals surface area contributed by atoms with Gasteiger partial charge in [0.25, 0.3) is 15.9 Å². The molecule has 0 fully saturated rings. The van der Waals surface area contributed by atoms with Crippen molar-refractivity contribution in [2.45, 2.75) is 19.8 Å². The first-order chi connectivity index (χ1) is 9.02. The minimum Gasteiger partial charge on any atom is -0.352 e. The van der Waals surface area contributed by atoms with Crippen molar-refractivity contribution in [1.29, 1.82) is 0 Å². The summed E-state index contributed by atoms with van der Waals surface area (Å²) in [6, 6.07) is 0. The number of fused-ring (bicyclic) bond motifs is 1. The van der Waals surface area contributed by atoms with Crippen molar-refractivity contribution < 1.29 is 13.2 Å². The van der Waals surface area contributed by atoms with Gasteiger partial charge in [-0.05, 0) is 18.6 Å². The van der Waals surface area contributed by atoms with Crippen molar-refractivity contribution in [3.05, 3.63) is 23.9 Å². The zero-order valence-electron chi connectivity index (χ0n) is 10.8. The molecule has 0 aromatic heterocycles. The lowest BCUT2D eigenvalue weighted by Crippen LogP contribution is -2.38. The summed E-state index contributed by atoms with van der Waals surface area (Å²) in [6.07, 6.45) is 6.77. The standard InChI is InChI=1S/C12H17N3O3S/c1-2-3-6-13-12(16)10-4-5-11-14-19(17,18)8-7-15(11)9-10/h4-5,9H,2-3,6-8H2,1H3,(H,13,16). The summed E-state index contributed by atoms with van der Waals surface area (Å²) >= 11 is 0. The first-order valence-electron chi connectivity index (χ1n) is 6.29. The molecule has 2 rings (SSSR count). The van der Waals surface area contributed by atoms with Crippen LogP contribution in [-0.4, -0.2) is 43.9 Å². The molecule has 1 amide bonds. The number of nitrogens with zero attached hydrogens (tertiary/aromatic N) is 2. The third-order valence-electron chi connectivity index (χ3n) is 2.90. The van der Waals surface area contributed by atoms with Crippen molar-refractivity contribution in [3.8, 4) is 0 Å². The van der Waals surface area contributed by atoms with Gasteiger partial charge in [0.2, 0.25) is 0 Å². The van der Waals surface area contributed by atoms with Crippen LogP contribution >= 0.6 is 0 Å². The maximum atomic E-state index is 11.9. The quantitative estimate of drug-likeness (QED) is 0.758. The highest BCUT2D eigenvalue weighted by Crippen LogP contribution is 2.15. The summed E-state index contributed by atoms with van der Waals surface area (Å²) in [5.74, 6) is 0.208. The van der Waals surface area contributed by atoms with Gasteiger partial charge in [0.15, 0.2) is 0 Å². The predicted octanol–water partition coefficient (Wildman–Crippen LogP) is 0.400. The predicted molar refractivity (Wildman–Crippen MR) is 73.1 cm³/mol. The zero-order valence-corrected chi connectivity index (χ0v) is 11.6. The highest BCUT2D eigenvalue weighted by molar-refractivity contribution is 7.90. The molecule has 0 radical (unpaired) electrons. The summed E-state index contributed by atoms with van der Waals surface area (Å²) in [5, 5.41) is 2.82. The number of carbonyl (C=O) groups excluding carboxylic acids is 1. The van der Waals surface area contributed by atoms with E-state index in [-0.39, 0.29) is 11.7 Å². The van der Waals surface area contributed by atoms with Gasteiger partial charge in [0.1, 0.15) is 5.84 Å². The molecule has 6 nitrogen and oxygen atoms in total. The molecule has 7 heteroatoms. The number of nitrogens with one attached hydrogen (secondary N) is 1. The van der Waals surface area contributed by atoms with Gasteiger partial charge in [-0.2, -0.15) is 0 Å². The number of hydrogen-bond acceptors (Lipinski definition) is 4. The van der Waals surface area contributed by atoms with Crippen LogP contribution in [0.25, 0.3) is 0 Å². The molecular formula is C12H17N3O3S. The van der Waals surface area contributed by atoms with E-state index < -0.39 is 10.0 Å². The second-order valence-electron chi connectivity index (χ2n) is 4.46. The van der Waals surface area contributed by atoms with E-state index in [2.05, 4.69) is 16.6 Å². The van der Waals surface area contributed by atoms with Crippen LogP contribution in [0.2, 0.25) is 0 Å². The van der Waals surface area contributed by atoms with E-state index in [1.54, 1.807) is 23.3 Å². The third kappa shape index (κ3) is 3.44. The number of rotatable bonds is 4. The van der Waals surface area contributed by atoms with Crippen molar-refractivity contribution in [2.24, 2.45) is 4.40 Å². The Morgan fingerprint density at radius 2 is 2.26 bits per heavy atom. The maximum absolute atomic E-state index is 11.9. The Balaban J connectivity index is 2.06. The van der Waals surface area contributed by atoms with E-state index in [9.17, 15) is 13.2 Å². The molecule has 104 valence electrons. The minimum absolute atomic E-state index is 0.0222. The van der Waals surface area contributed by atoms with E-state index in [1.807, 2.05) is 0 Å². The van der Waals surface area contributed by atoms with E-state index in [0.717, 1.165) is 12.8 Å². The second-order valence-corrected chi connectivity index (χ2v) is 6.21. The van der Waals surface area contributed by atoms with Gasteiger partial charge in [0.05, 0.1) is 11.3 Å². The minimum atomic E-state index is -3.34. The highest BCUT2D eigenvalue weighted by atomic mass is 32.2. The number of unbranched alkanes of at least 4 members (excludes halogenated alkanes) is 1. The SMILES string of the molecule is CCCCNC(=O)C1=CN2CCS(=O)(=O)N=C2C=C1. The molecule has 1 N–H and O–H groups in total. The monoisotopic (exact) mass is 283 g/mol. The van der Waals surface area contributed by atoms with E-state index >= 15 is 0 Å². The molecule has 0 saturated carbocycles. The summed E-state index contributed by atoms with van der Waals surface area (Å²) in [5.41, 5.74) is 0.523. The number of amides is 1. The van der Waals surface area contributed by atoms with Crippen molar-refractivity contribution in [1.82, 2.24) is 10.2 Å². The van der Waals surface area contributed by atoms with Crippen molar-refractivity contribution in [2.75, 3.05) is 18.8 Å². The second kappa shape index (κ2) is 5.56. The van der Waals surface area contributed by atoms with Gasteiger partial charge in [-0.25, -0.2) is 8.42 Å². The molecule has 2 aliphatic rings. The topological polar surface area (TPSA) is 78.8 Å². The molecular weight excluding hydrogens is 266 g/mol. The molecule has 0 aromatic carbocycles. The van der Waals surface area contributed by atoms with Crippen LogP contribution in [0.3, 0.4) is 0 Å². The fourth-order valence-electron chi connectivity index (χ4n) is 1.82. The Bertz CT molecular complexity index is 561. The lowest BCUT2D eigenvalue weighted by Gasteiger charge is -2.26. The molecule has 0 bridgehead atoms. The molecule has 0 spiro atoms. The number of amidine groups is 1. The van der Waals surface area contributed by atoms with Crippen LogP contribution in [0, 0.1) is 0 Å². The molecule has 19 heavy (non-hydrogen) atoms. The van der Waals surface area contributed by atoms with Crippen molar-refractivity contribution in [3.63, 3.8) is 0 Å². The van der Waals surface area contributed by atoms with Crippen LogP contribution in [0.1, 0.15) is 19.8 Å². The first-order valence-corrected chi connectivity index (χ1v) is 7.90. The number of hydrogen-bond donors (Lipinski definition) is 1. The normalized spacial score (nSPS) is 20.4. The lowest BCUT2D eigenvalue weighted by molar-refractivity contribution is -0.117. The van der Waals surface area contributed by atoms with E-state index in [1.165, 1.54) is 0 Å². The summed E-state index contributed by atoms with van der Waals surface area (Å²) < 4.78 is 26.4. The van der Waals surface area contributed by atoms with Crippen molar-refractivity contribution >= 4 is 21.8 Å². The number of sulfonamides is 1. The maximum Gasteiger partial charge on any atom is 0.256 e. The van der Waals surface area contributed by atoms with Crippen LogP contribution in [0.4, 0.5) is 0 Å². The van der Waals surface area contributed by atoms with Gasteiger partial charge in [-0.3, -0.25) is 4.79 Å². The largest absolute Gasteiger partial charge is 0.352 e. The summed E-state index contributed by atoms with van der Waals surface area (Å²) in [4.78, 5) is 13.5. The Morgan fingerprint density at radius 1 is 1.47 bits per heavy atom. The molecule has 0 atom stereocenters.